The van der Waals surface area contributed by atoms with Crippen molar-refractivity contribution in [2.45, 2.75) is 13.0 Å². The second-order valence-corrected chi connectivity index (χ2v) is 5.78. The standard InChI is InChI=1S/C15H14BrN3O/c16-11-2-4-13(18-8-11)9-19-6-5-10-1-3-12(17)7-14(10)15(19)20/h1-4,7-8H,5-6,9,17H2. The quantitative estimate of drug-likeness (QED) is 0.860. The van der Waals surface area contributed by atoms with E-state index in [-0.39, 0.29) is 5.91 Å². The van der Waals surface area contributed by atoms with Gasteiger partial charge in [0.15, 0.2) is 0 Å². The van der Waals surface area contributed by atoms with Crippen LogP contribution in [0, 0.1) is 0 Å². The summed E-state index contributed by atoms with van der Waals surface area (Å²) in [6.07, 6.45) is 2.60. The van der Waals surface area contributed by atoms with E-state index in [4.69, 9.17) is 5.73 Å². The highest BCUT2D eigenvalue weighted by atomic mass is 79.9. The largest absolute Gasteiger partial charge is 0.399 e. The van der Waals surface area contributed by atoms with E-state index in [0.717, 1.165) is 22.2 Å². The number of nitrogen functional groups attached to an aromatic ring is 1. The minimum absolute atomic E-state index is 0.0308. The Hall–Kier alpha value is -1.88. The van der Waals surface area contributed by atoms with E-state index in [0.29, 0.717) is 24.3 Å². The molecule has 1 aromatic heterocycles. The van der Waals surface area contributed by atoms with Crippen LogP contribution in [0.5, 0.6) is 0 Å². The van der Waals surface area contributed by atoms with Crippen molar-refractivity contribution in [1.82, 2.24) is 9.88 Å². The van der Waals surface area contributed by atoms with E-state index in [1.807, 2.05) is 29.2 Å². The molecule has 0 spiro atoms. The molecule has 2 heterocycles. The van der Waals surface area contributed by atoms with Crippen LogP contribution in [0.4, 0.5) is 5.69 Å². The summed E-state index contributed by atoms with van der Waals surface area (Å²) in [4.78, 5) is 18.6. The second-order valence-electron chi connectivity index (χ2n) is 4.86. The van der Waals surface area contributed by atoms with Crippen LogP contribution in [0.15, 0.2) is 41.0 Å². The van der Waals surface area contributed by atoms with Crippen molar-refractivity contribution in [2.75, 3.05) is 12.3 Å². The van der Waals surface area contributed by atoms with Gasteiger partial charge in [-0.15, -0.1) is 0 Å². The van der Waals surface area contributed by atoms with Gasteiger partial charge in [-0.3, -0.25) is 9.78 Å². The van der Waals surface area contributed by atoms with Crippen molar-refractivity contribution in [3.05, 3.63) is 57.8 Å². The van der Waals surface area contributed by atoms with Gasteiger partial charge in [0.05, 0.1) is 12.2 Å². The zero-order chi connectivity index (χ0) is 14.1. The molecule has 0 saturated carbocycles. The number of carbonyl (C=O) groups excluding carboxylic acids is 1. The van der Waals surface area contributed by atoms with Gasteiger partial charge < -0.3 is 10.6 Å². The van der Waals surface area contributed by atoms with E-state index in [1.54, 1.807) is 12.3 Å². The van der Waals surface area contributed by atoms with Gasteiger partial charge in [-0.1, -0.05) is 6.07 Å². The van der Waals surface area contributed by atoms with Crippen LogP contribution in [0.1, 0.15) is 21.6 Å². The molecule has 1 aliphatic heterocycles. The molecule has 5 heteroatoms. The molecule has 0 bridgehead atoms. The fourth-order valence-corrected chi connectivity index (χ4v) is 2.62. The number of benzene rings is 1. The normalized spacial score (nSPS) is 14.2. The van der Waals surface area contributed by atoms with Crippen LogP contribution in [-0.4, -0.2) is 22.3 Å². The monoisotopic (exact) mass is 331 g/mol. The maximum Gasteiger partial charge on any atom is 0.254 e. The van der Waals surface area contributed by atoms with E-state index < -0.39 is 0 Å². The van der Waals surface area contributed by atoms with Crippen molar-refractivity contribution in [2.24, 2.45) is 0 Å². The maximum absolute atomic E-state index is 12.5. The van der Waals surface area contributed by atoms with E-state index >= 15 is 0 Å². The van der Waals surface area contributed by atoms with Crippen LogP contribution in [0.3, 0.4) is 0 Å². The summed E-state index contributed by atoms with van der Waals surface area (Å²) in [6.45, 7) is 1.24. The molecule has 4 nitrogen and oxygen atoms in total. The molecule has 0 unspecified atom stereocenters. The first kappa shape index (κ1) is 13.1. The number of nitrogens with zero attached hydrogens (tertiary/aromatic N) is 2. The van der Waals surface area contributed by atoms with Gasteiger partial charge in [0.25, 0.3) is 5.91 Å². The van der Waals surface area contributed by atoms with Crippen LogP contribution >= 0.6 is 15.9 Å². The van der Waals surface area contributed by atoms with E-state index in [1.165, 1.54) is 0 Å². The Labute approximate surface area is 125 Å². The lowest BCUT2D eigenvalue weighted by Crippen LogP contribution is -2.37. The number of pyridine rings is 1. The number of aromatic nitrogens is 1. The number of halogens is 1. The summed E-state index contributed by atoms with van der Waals surface area (Å²) in [7, 11) is 0. The van der Waals surface area contributed by atoms with Gasteiger partial charge in [0.2, 0.25) is 0 Å². The van der Waals surface area contributed by atoms with E-state index in [9.17, 15) is 4.79 Å². The molecular weight excluding hydrogens is 318 g/mol. The first-order valence-electron chi connectivity index (χ1n) is 6.41. The summed E-state index contributed by atoms with van der Waals surface area (Å²) in [5.74, 6) is 0.0308. The Morgan fingerprint density at radius 2 is 2.15 bits per heavy atom. The van der Waals surface area contributed by atoms with Crippen molar-refractivity contribution >= 4 is 27.5 Å². The van der Waals surface area contributed by atoms with Gasteiger partial charge in [0, 0.05) is 28.5 Å². The zero-order valence-corrected chi connectivity index (χ0v) is 12.4. The van der Waals surface area contributed by atoms with Gasteiger partial charge in [0.1, 0.15) is 0 Å². The lowest BCUT2D eigenvalue weighted by atomic mass is 9.98. The summed E-state index contributed by atoms with van der Waals surface area (Å²) in [5.41, 5.74) is 9.07. The summed E-state index contributed by atoms with van der Waals surface area (Å²) in [5, 5.41) is 0. The third-order valence-electron chi connectivity index (χ3n) is 3.44. The third kappa shape index (κ3) is 2.54. The number of fused-ring (bicyclic) bond motifs is 1. The van der Waals surface area contributed by atoms with Crippen LogP contribution in [0.25, 0.3) is 0 Å². The number of rotatable bonds is 2. The summed E-state index contributed by atoms with van der Waals surface area (Å²) < 4.78 is 0.935. The Kier molecular flexibility index (Phi) is 3.44. The number of anilines is 1. The smallest absolute Gasteiger partial charge is 0.254 e. The highest BCUT2D eigenvalue weighted by molar-refractivity contribution is 9.10. The Morgan fingerprint density at radius 1 is 1.30 bits per heavy atom. The first-order valence-corrected chi connectivity index (χ1v) is 7.21. The predicted octanol–water partition coefficient (Wildman–Crippen LogP) is 2.62. The summed E-state index contributed by atoms with van der Waals surface area (Å²) in [6, 6.07) is 9.41. The predicted molar refractivity (Wildman–Crippen MR) is 81.2 cm³/mol. The molecule has 0 radical (unpaired) electrons. The second kappa shape index (κ2) is 5.25. The highest BCUT2D eigenvalue weighted by Crippen LogP contribution is 2.22. The lowest BCUT2D eigenvalue weighted by Gasteiger charge is -2.28. The molecule has 1 aliphatic rings. The molecule has 0 atom stereocenters. The molecule has 3 rings (SSSR count). The topological polar surface area (TPSA) is 59.2 Å². The highest BCUT2D eigenvalue weighted by Gasteiger charge is 2.24. The number of hydrogen-bond donors (Lipinski definition) is 1. The molecule has 0 fully saturated rings. The molecule has 0 saturated heterocycles. The number of carbonyl (C=O) groups is 1. The zero-order valence-electron chi connectivity index (χ0n) is 10.8. The van der Waals surface area contributed by atoms with Crippen molar-refractivity contribution in [3.63, 3.8) is 0 Å². The Balaban J connectivity index is 1.83. The Morgan fingerprint density at radius 3 is 2.90 bits per heavy atom. The van der Waals surface area contributed by atoms with Gasteiger partial charge in [-0.25, -0.2) is 0 Å². The minimum atomic E-state index is 0.0308. The third-order valence-corrected chi connectivity index (χ3v) is 3.91. The van der Waals surface area contributed by atoms with Crippen molar-refractivity contribution < 1.29 is 4.79 Å². The molecular formula is C15H14BrN3O. The molecule has 0 aliphatic carbocycles. The lowest BCUT2D eigenvalue weighted by molar-refractivity contribution is 0.0725. The van der Waals surface area contributed by atoms with Crippen LogP contribution in [0.2, 0.25) is 0 Å². The van der Waals surface area contributed by atoms with Gasteiger partial charge >= 0.3 is 0 Å². The van der Waals surface area contributed by atoms with E-state index in [2.05, 4.69) is 20.9 Å². The molecule has 1 amide bonds. The minimum Gasteiger partial charge on any atom is -0.399 e. The molecule has 1 aromatic carbocycles. The van der Waals surface area contributed by atoms with Crippen LogP contribution in [-0.2, 0) is 13.0 Å². The Bertz CT molecular complexity index is 655. The van der Waals surface area contributed by atoms with Crippen molar-refractivity contribution in [3.8, 4) is 0 Å². The van der Waals surface area contributed by atoms with Gasteiger partial charge in [-0.05, 0) is 52.2 Å². The number of nitrogens with two attached hydrogens (primary N) is 1. The number of amides is 1. The molecule has 2 aromatic rings. The van der Waals surface area contributed by atoms with Crippen molar-refractivity contribution in [1.29, 1.82) is 0 Å². The molecule has 20 heavy (non-hydrogen) atoms. The van der Waals surface area contributed by atoms with Gasteiger partial charge in [-0.2, -0.15) is 0 Å². The van der Waals surface area contributed by atoms with Crippen LogP contribution < -0.4 is 5.73 Å². The maximum atomic E-state index is 12.5. The average molecular weight is 332 g/mol. The average Bonchev–Trinajstić information content (AvgIpc) is 2.45. The fraction of sp³-hybridized carbons (Fsp3) is 0.200. The molecule has 102 valence electrons. The SMILES string of the molecule is Nc1ccc2c(c1)C(=O)N(Cc1ccc(Br)cn1)CC2. The molecule has 2 N–H and O–H groups in total. The number of hydrogen-bond acceptors (Lipinski definition) is 3. The summed E-state index contributed by atoms with van der Waals surface area (Å²) >= 11 is 3.35. The fourth-order valence-electron chi connectivity index (χ4n) is 2.38. The first-order chi connectivity index (χ1) is 9.63.